The molecule has 1 aromatic carbocycles. The molecule has 0 saturated carbocycles. The van der Waals surface area contributed by atoms with Crippen LogP contribution in [-0.2, 0) is 17.8 Å². The highest BCUT2D eigenvalue weighted by Crippen LogP contribution is 2.25. The zero-order valence-electron chi connectivity index (χ0n) is 12.8. The topological polar surface area (TPSA) is 78.0 Å². The maximum Gasteiger partial charge on any atom is 0.262 e. The van der Waals surface area contributed by atoms with Crippen LogP contribution in [-0.4, -0.2) is 15.5 Å². The Bertz CT molecular complexity index is 913. The predicted octanol–water partition coefficient (Wildman–Crippen LogP) is 2.56. The number of aryl methyl sites for hydroxylation is 1. The third kappa shape index (κ3) is 3.03. The normalized spacial score (nSPS) is 11.0. The fourth-order valence-corrected chi connectivity index (χ4v) is 3.43. The van der Waals surface area contributed by atoms with Crippen LogP contribution in [0.25, 0.3) is 21.6 Å². The first kappa shape index (κ1) is 15.4. The van der Waals surface area contributed by atoms with E-state index < -0.39 is 5.91 Å². The van der Waals surface area contributed by atoms with Gasteiger partial charge in [0.05, 0.1) is 5.39 Å². The number of primary amides is 1. The first-order valence-corrected chi connectivity index (χ1v) is 8.28. The van der Waals surface area contributed by atoms with E-state index in [1.807, 2.05) is 36.4 Å². The summed E-state index contributed by atoms with van der Waals surface area (Å²) in [5, 5.41) is 0.607. The average molecular weight is 327 g/mol. The summed E-state index contributed by atoms with van der Waals surface area (Å²) in [6.07, 6.45) is 0.972. The van der Waals surface area contributed by atoms with E-state index in [1.165, 1.54) is 11.3 Å². The van der Waals surface area contributed by atoms with Crippen molar-refractivity contribution >= 4 is 27.5 Å². The Morgan fingerprint density at radius 2 is 2.04 bits per heavy atom. The number of hydrogen-bond donors (Lipinski definition) is 1. The van der Waals surface area contributed by atoms with E-state index in [0.717, 1.165) is 21.7 Å². The van der Waals surface area contributed by atoms with Gasteiger partial charge in [-0.05, 0) is 12.5 Å². The molecular weight excluding hydrogens is 310 g/mol. The molecule has 6 heteroatoms. The van der Waals surface area contributed by atoms with Gasteiger partial charge in [0, 0.05) is 23.4 Å². The number of thiophene rings is 1. The van der Waals surface area contributed by atoms with Crippen LogP contribution >= 0.6 is 11.3 Å². The Morgan fingerprint density at radius 3 is 2.70 bits per heavy atom. The van der Waals surface area contributed by atoms with Crippen LogP contribution in [0.5, 0.6) is 0 Å². The SMILES string of the molecule is CCc1cc2c(=O)n(CCC(N)=O)c(-c3ccccc3)nc2s1. The number of carbonyl (C=O) groups excluding carboxylic acids is 1. The van der Waals surface area contributed by atoms with Gasteiger partial charge in [-0.3, -0.25) is 14.2 Å². The molecule has 2 heterocycles. The minimum absolute atomic E-state index is 0.109. The van der Waals surface area contributed by atoms with Gasteiger partial charge in [0.15, 0.2) is 0 Å². The molecule has 0 fully saturated rings. The Labute approximate surface area is 137 Å². The predicted molar refractivity (Wildman–Crippen MR) is 92.5 cm³/mol. The van der Waals surface area contributed by atoms with Crippen molar-refractivity contribution in [3.63, 3.8) is 0 Å². The molecule has 0 aliphatic rings. The van der Waals surface area contributed by atoms with E-state index in [-0.39, 0.29) is 18.5 Å². The molecule has 23 heavy (non-hydrogen) atoms. The Balaban J connectivity index is 2.24. The summed E-state index contributed by atoms with van der Waals surface area (Å²) in [6.45, 7) is 2.28. The van der Waals surface area contributed by atoms with Crippen molar-refractivity contribution in [2.45, 2.75) is 26.3 Å². The van der Waals surface area contributed by atoms with Gasteiger partial charge in [-0.15, -0.1) is 11.3 Å². The number of benzene rings is 1. The molecule has 0 spiro atoms. The molecule has 0 radical (unpaired) electrons. The van der Waals surface area contributed by atoms with Crippen molar-refractivity contribution < 1.29 is 4.79 Å². The third-order valence-electron chi connectivity index (χ3n) is 3.66. The number of fused-ring (bicyclic) bond motifs is 1. The molecule has 3 rings (SSSR count). The van der Waals surface area contributed by atoms with Crippen molar-refractivity contribution in [1.82, 2.24) is 9.55 Å². The highest BCUT2D eigenvalue weighted by Gasteiger charge is 2.15. The number of aromatic nitrogens is 2. The van der Waals surface area contributed by atoms with Gasteiger partial charge in [-0.1, -0.05) is 37.3 Å². The third-order valence-corrected chi connectivity index (χ3v) is 4.84. The maximum absolute atomic E-state index is 12.8. The summed E-state index contributed by atoms with van der Waals surface area (Å²) in [7, 11) is 0. The van der Waals surface area contributed by atoms with Crippen LogP contribution in [0.2, 0.25) is 0 Å². The molecule has 0 bridgehead atoms. The lowest BCUT2D eigenvalue weighted by Gasteiger charge is -2.11. The lowest BCUT2D eigenvalue weighted by molar-refractivity contribution is -0.118. The summed E-state index contributed by atoms with van der Waals surface area (Å²) >= 11 is 1.54. The van der Waals surface area contributed by atoms with Gasteiger partial charge in [0.25, 0.3) is 5.56 Å². The van der Waals surface area contributed by atoms with Gasteiger partial charge in [-0.25, -0.2) is 4.98 Å². The monoisotopic (exact) mass is 327 g/mol. The number of nitrogens with zero attached hydrogens (tertiary/aromatic N) is 2. The van der Waals surface area contributed by atoms with Crippen LogP contribution in [0, 0.1) is 0 Å². The molecule has 0 saturated heterocycles. The van der Waals surface area contributed by atoms with Crippen molar-refractivity contribution in [3.05, 3.63) is 51.6 Å². The number of amides is 1. The largest absolute Gasteiger partial charge is 0.370 e. The molecule has 0 aliphatic carbocycles. The van der Waals surface area contributed by atoms with Gasteiger partial charge in [-0.2, -0.15) is 0 Å². The van der Waals surface area contributed by atoms with Crippen molar-refractivity contribution in [2.24, 2.45) is 5.73 Å². The van der Waals surface area contributed by atoms with E-state index in [1.54, 1.807) is 4.57 Å². The second-order valence-corrected chi connectivity index (χ2v) is 6.37. The highest BCUT2D eigenvalue weighted by atomic mass is 32.1. The lowest BCUT2D eigenvalue weighted by atomic mass is 10.2. The zero-order valence-corrected chi connectivity index (χ0v) is 13.6. The smallest absolute Gasteiger partial charge is 0.262 e. The summed E-state index contributed by atoms with van der Waals surface area (Å²) in [5.74, 6) is 0.143. The van der Waals surface area contributed by atoms with Gasteiger partial charge in [0.2, 0.25) is 5.91 Å². The molecule has 2 N–H and O–H groups in total. The summed E-state index contributed by atoms with van der Waals surface area (Å²) in [4.78, 5) is 30.5. The minimum Gasteiger partial charge on any atom is -0.370 e. The molecule has 0 atom stereocenters. The van der Waals surface area contributed by atoms with Crippen molar-refractivity contribution in [1.29, 1.82) is 0 Å². The Morgan fingerprint density at radius 1 is 1.30 bits per heavy atom. The molecule has 3 aromatic rings. The lowest BCUT2D eigenvalue weighted by Crippen LogP contribution is -2.25. The number of carbonyl (C=O) groups is 1. The molecule has 0 unspecified atom stereocenters. The van der Waals surface area contributed by atoms with Crippen molar-refractivity contribution in [2.75, 3.05) is 0 Å². The molecule has 2 aromatic heterocycles. The second-order valence-electron chi connectivity index (χ2n) is 5.26. The summed E-state index contributed by atoms with van der Waals surface area (Å²) in [5.41, 5.74) is 5.97. The van der Waals surface area contributed by atoms with Gasteiger partial charge < -0.3 is 5.73 Å². The van der Waals surface area contributed by atoms with E-state index >= 15 is 0 Å². The number of nitrogens with two attached hydrogens (primary N) is 1. The van der Waals surface area contributed by atoms with E-state index in [9.17, 15) is 9.59 Å². The molecule has 5 nitrogen and oxygen atoms in total. The van der Waals surface area contributed by atoms with Crippen molar-refractivity contribution in [3.8, 4) is 11.4 Å². The minimum atomic E-state index is -0.435. The average Bonchev–Trinajstić information content (AvgIpc) is 2.98. The highest BCUT2D eigenvalue weighted by molar-refractivity contribution is 7.18. The number of hydrogen-bond acceptors (Lipinski definition) is 4. The van der Waals surface area contributed by atoms with Crippen LogP contribution in [0.4, 0.5) is 0 Å². The molecule has 1 amide bonds. The molecular formula is C17H17N3O2S. The van der Waals surface area contributed by atoms with E-state index in [4.69, 9.17) is 5.73 Å². The standard InChI is InChI=1S/C17H17N3O2S/c1-2-12-10-13-16(23-12)19-15(11-6-4-3-5-7-11)20(17(13)22)9-8-14(18)21/h3-7,10H,2,8-9H2,1H3,(H2,18,21). The Hall–Kier alpha value is -2.47. The first-order chi connectivity index (χ1) is 11.1. The quantitative estimate of drug-likeness (QED) is 0.782. The van der Waals surface area contributed by atoms with E-state index in [0.29, 0.717) is 11.2 Å². The van der Waals surface area contributed by atoms with Crippen LogP contribution in [0.1, 0.15) is 18.2 Å². The zero-order chi connectivity index (χ0) is 16.4. The van der Waals surface area contributed by atoms with Crippen LogP contribution in [0.3, 0.4) is 0 Å². The second kappa shape index (κ2) is 6.34. The summed E-state index contributed by atoms with van der Waals surface area (Å²) in [6, 6.07) is 11.4. The molecule has 118 valence electrons. The van der Waals surface area contributed by atoms with Gasteiger partial charge in [0.1, 0.15) is 10.7 Å². The fraction of sp³-hybridized carbons (Fsp3) is 0.235. The maximum atomic E-state index is 12.8. The molecule has 0 aliphatic heterocycles. The van der Waals surface area contributed by atoms with Gasteiger partial charge >= 0.3 is 0 Å². The number of rotatable bonds is 5. The van der Waals surface area contributed by atoms with E-state index in [2.05, 4.69) is 11.9 Å². The van der Waals surface area contributed by atoms with Crippen LogP contribution in [0.15, 0.2) is 41.2 Å². The fourth-order valence-electron chi connectivity index (χ4n) is 2.48. The first-order valence-electron chi connectivity index (χ1n) is 7.47. The van der Waals surface area contributed by atoms with Crippen LogP contribution < -0.4 is 11.3 Å². The Kier molecular flexibility index (Phi) is 4.25. The summed E-state index contributed by atoms with van der Waals surface area (Å²) < 4.78 is 1.55.